The number of nitrogens with zero attached hydrogens (tertiary/aromatic N) is 2. The monoisotopic (exact) mass is 141 g/mol. The predicted molar refractivity (Wildman–Crippen MR) is 34.9 cm³/mol. The quantitative estimate of drug-likeness (QED) is 0.650. The standard InChI is InChI=1S/C6H8FN3/c7-5(3-8)6-4-9-1-2-10-6/h1-2,4-5H,3,8H2. The smallest absolute Gasteiger partial charge is 0.156 e. The molecule has 1 aromatic heterocycles. The van der Waals surface area contributed by atoms with Crippen molar-refractivity contribution in [3.05, 3.63) is 24.3 Å². The van der Waals surface area contributed by atoms with Crippen molar-refractivity contribution in [1.29, 1.82) is 0 Å². The molecule has 0 bridgehead atoms. The lowest BCUT2D eigenvalue weighted by molar-refractivity contribution is 0.344. The van der Waals surface area contributed by atoms with E-state index < -0.39 is 6.17 Å². The zero-order chi connectivity index (χ0) is 7.40. The molecule has 1 atom stereocenters. The Hall–Kier alpha value is -1.03. The van der Waals surface area contributed by atoms with Crippen LogP contribution in [-0.4, -0.2) is 16.5 Å². The molecule has 0 aliphatic heterocycles. The van der Waals surface area contributed by atoms with Gasteiger partial charge in [-0.15, -0.1) is 0 Å². The van der Waals surface area contributed by atoms with Gasteiger partial charge >= 0.3 is 0 Å². The van der Waals surface area contributed by atoms with Crippen LogP contribution in [0.15, 0.2) is 18.6 Å². The van der Waals surface area contributed by atoms with Gasteiger partial charge in [-0.25, -0.2) is 4.39 Å². The second kappa shape index (κ2) is 3.22. The molecule has 0 saturated heterocycles. The molecule has 1 rings (SSSR count). The van der Waals surface area contributed by atoms with Crippen molar-refractivity contribution in [3.63, 3.8) is 0 Å². The molecule has 54 valence electrons. The van der Waals surface area contributed by atoms with Gasteiger partial charge in [-0.05, 0) is 0 Å². The molecule has 3 nitrogen and oxygen atoms in total. The maximum Gasteiger partial charge on any atom is 0.156 e. The minimum Gasteiger partial charge on any atom is -0.327 e. The molecule has 0 saturated carbocycles. The number of alkyl halides is 1. The topological polar surface area (TPSA) is 51.8 Å². The highest BCUT2D eigenvalue weighted by molar-refractivity contribution is 4.99. The van der Waals surface area contributed by atoms with Crippen molar-refractivity contribution >= 4 is 0 Å². The summed E-state index contributed by atoms with van der Waals surface area (Å²) in [4.78, 5) is 7.43. The molecule has 0 radical (unpaired) electrons. The summed E-state index contributed by atoms with van der Waals surface area (Å²) in [5.41, 5.74) is 5.36. The number of rotatable bonds is 2. The van der Waals surface area contributed by atoms with Crippen molar-refractivity contribution in [2.24, 2.45) is 5.73 Å². The van der Waals surface area contributed by atoms with Crippen LogP contribution in [0.3, 0.4) is 0 Å². The third kappa shape index (κ3) is 1.48. The maximum absolute atomic E-state index is 12.6. The summed E-state index contributed by atoms with van der Waals surface area (Å²) in [5, 5.41) is 0. The predicted octanol–water partition coefficient (Wildman–Crippen LogP) is 0.446. The normalized spacial score (nSPS) is 13.0. The summed E-state index contributed by atoms with van der Waals surface area (Å²) in [6, 6.07) is 0. The number of nitrogens with two attached hydrogens (primary N) is 1. The molecular weight excluding hydrogens is 133 g/mol. The fourth-order valence-electron chi connectivity index (χ4n) is 0.593. The van der Waals surface area contributed by atoms with Gasteiger partial charge in [0, 0.05) is 18.9 Å². The Labute approximate surface area is 58.1 Å². The Morgan fingerprint density at radius 2 is 2.40 bits per heavy atom. The van der Waals surface area contributed by atoms with Crippen molar-refractivity contribution in [2.45, 2.75) is 6.17 Å². The van der Waals surface area contributed by atoms with Crippen LogP contribution < -0.4 is 5.73 Å². The zero-order valence-electron chi connectivity index (χ0n) is 5.37. The third-order valence-electron chi connectivity index (χ3n) is 1.11. The van der Waals surface area contributed by atoms with E-state index in [9.17, 15) is 4.39 Å². The Morgan fingerprint density at radius 3 is 2.90 bits per heavy atom. The van der Waals surface area contributed by atoms with Gasteiger partial charge in [0.15, 0.2) is 6.17 Å². The molecule has 0 spiro atoms. The summed E-state index contributed by atoms with van der Waals surface area (Å²) in [6.07, 6.45) is 3.12. The molecule has 10 heavy (non-hydrogen) atoms. The second-order valence-electron chi connectivity index (χ2n) is 1.83. The Balaban J connectivity index is 2.75. The maximum atomic E-state index is 12.6. The molecule has 1 heterocycles. The highest BCUT2D eigenvalue weighted by atomic mass is 19.1. The van der Waals surface area contributed by atoms with Gasteiger partial charge in [-0.1, -0.05) is 0 Å². The van der Waals surface area contributed by atoms with Crippen molar-refractivity contribution in [1.82, 2.24) is 9.97 Å². The molecule has 1 aromatic rings. The van der Waals surface area contributed by atoms with Crippen LogP contribution in [-0.2, 0) is 0 Å². The Kier molecular flexibility index (Phi) is 2.28. The van der Waals surface area contributed by atoms with Crippen molar-refractivity contribution in [3.8, 4) is 0 Å². The fraction of sp³-hybridized carbons (Fsp3) is 0.333. The lowest BCUT2D eigenvalue weighted by atomic mass is 10.3. The van der Waals surface area contributed by atoms with E-state index in [1.807, 2.05) is 0 Å². The van der Waals surface area contributed by atoms with E-state index in [0.29, 0.717) is 5.69 Å². The molecule has 0 fully saturated rings. The van der Waals surface area contributed by atoms with Crippen LogP contribution in [0, 0.1) is 0 Å². The van der Waals surface area contributed by atoms with Gasteiger partial charge < -0.3 is 5.73 Å². The average Bonchev–Trinajstić information content (AvgIpc) is 2.05. The first-order chi connectivity index (χ1) is 4.84. The lowest BCUT2D eigenvalue weighted by Gasteiger charge is -2.00. The van der Waals surface area contributed by atoms with E-state index >= 15 is 0 Å². The summed E-state index contributed by atoms with van der Waals surface area (Å²) in [5.74, 6) is 0. The minimum atomic E-state index is -1.19. The van der Waals surface area contributed by atoms with Crippen LogP contribution in [0.25, 0.3) is 0 Å². The molecule has 4 heteroatoms. The first-order valence-corrected chi connectivity index (χ1v) is 2.94. The van der Waals surface area contributed by atoms with Gasteiger partial charge in [0.2, 0.25) is 0 Å². The van der Waals surface area contributed by atoms with Gasteiger partial charge in [0.1, 0.15) is 0 Å². The largest absolute Gasteiger partial charge is 0.327 e. The number of halogens is 1. The van der Waals surface area contributed by atoms with Gasteiger partial charge in [-0.2, -0.15) is 0 Å². The van der Waals surface area contributed by atoms with Crippen LogP contribution >= 0.6 is 0 Å². The first kappa shape index (κ1) is 7.08. The first-order valence-electron chi connectivity index (χ1n) is 2.94. The van der Waals surface area contributed by atoms with Crippen molar-refractivity contribution in [2.75, 3.05) is 6.54 Å². The molecule has 0 amide bonds. The molecule has 2 N–H and O–H groups in total. The van der Waals surface area contributed by atoms with Crippen LogP contribution in [0.1, 0.15) is 11.9 Å². The summed E-state index contributed by atoms with van der Waals surface area (Å²) in [7, 11) is 0. The summed E-state index contributed by atoms with van der Waals surface area (Å²) >= 11 is 0. The highest BCUT2D eigenvalue weighted by Crippen LogP contribution is 2.09. The molecular formula is C6H8FN3. The minimum absolute atomic E-state index is 0.0430. The van der Waals surface area contributed by atoms with Gasteiger partial charge in [0.05, 0.1) is 11.9 Å². The fourth-order valence-corrected chi connectivity index (χ4v) is 0.593. The number of aromatic nitrogens is 2. The van der Waals surface area contributed by atoms with E-state index in [2.05, 4.69) is 9.97 Å². The Morgan fingerprint density at radius 1 is 1.60 bits per heavy atom. The zero-order valence-corrected chi connectivity index (χ0v) is 5.37. The third-order valence-corrected chi connectivity index (χ3v) is 1.11. The highest BCUT2D eigenvalue weighted by Gasteiger charge is 2.06. The summed E-state index contributed by atoms with van der Waals surface area (Å²) < 4.78 is 12.6. The average molecular weight is 141 g/mol. The van der Waals surface area contributed by atoms with E-state index in [-0.39, 0.29) is 6.54 Å². The van der Waals surface area contributed by atoms with E-state index in [1.165, 1.54) is 18.6 Å². The number of hydrogen-bond acceptors (Lipinski definition) is 3. The van der Waals surface area contributed by atoms with Crippen molar-refractivity contribution < 1.29 is 4.39 Å². The molecule has 0 aromatic carbocycles. The van der Waals surface area contributed by atoms with Gasteiger partial charge in [-0.3, -0.25) is 9.97 Å². The van der Waals surface area contributed by atoms with Gasteiger partial charge in [0.25, 0.3) is 0 Å². The lowest BCUT2D eigenvalue weighted by Crippen LogP contribution is -2.09. The molecule has 1 unspecified atom stereocenters. The van der Waals surface area contributed by atoms with E-state index in [4.69, 9.17) is 5.73 Å². The summed E-state index contributed by atoms with van der Waals surface area (Å²) in [6.45, 7) is -0.0430. The van der Waals surface area contributed by atoms with E-state index in [0.717, 1.165) is 0 Å². The van der Waals surface area contributed by atoms with Crippen LogP contribution in [0.2, 0.25) is 0 Å². The van der Waals surface area contributed by atoms with Crippen LogP contribution in [0.5, 0.6) is 0 Å². The SMILES string of the molecule is NCC(F)c1cnccn1. The Bertz CT molecular complexity index is 189. The second-order valence-corrected chi connectivity index (χ2v) is 1.83. The van der Waals surface area contributed by atoms with Crippen LogP contribution in [0.4, 0.5) is 4.39 Å². The molecule has 0 aliphatic rings. The van der Waals surface area contributed by atoms with E-state index in [1.54, 1.807) is 0 Å². The number of hydrogen-bond donors (Lipinski definition) is 1. The molecule has 0 aliphatic carbocycles.